The Morgan fingerprint density at radius 2 is 2.05 bits per heavy atom. The number of nitrogens with zero attached hydrogens (tertiary/aromatic N) is 2. The van der Waals surface area contributed by atoms with E-state index in [4.69, 9.17) is 17.3 Å². The second-order valence-electron chi connectivity index (χ2n) is 4.61. The van der Waals surface area contributed by atoms with E-state index in [9.17, 15) is 0 Å². The van der Waals surface area contributed by atoms with Crippen LogP contribution in [0.4, 0.5) is 5.69 Å². The van der Waals surface area contributed by atoms with Gasteiger partial charge in [-0.25, -0.2) is 0 Å². The summed E-state index contributed by atoms with van der Waals surface area (Å²) in [5.41, 5.74) is 9.02. The minimum atomic E-state index is 0.595. The molecule has 3 nitrogen and oxygen atoms in total. The molecular formula is C16H20ClN3. The number of aromatic nitrogens is 1. The lowest BCUT2D eigenvalue weighted by Gasteiger charge is -2.26. The fraction of sp³-hybridized carbons (Fsp3) is 0.312. The van der Waals surface area contributed by atoms with E-state index in [-0.39, 0.29) is 0 Å². The lowest BCUT2D eigenvalue weighted by Crippen LogP contribution is -2.24. The maximum atomic E-state index is 6.31. The molecule has 2 N–H and O–H groups in total. The average molecular weight is 290 g/mol. The summed E-state index contributed by atoms with van der Waals surface area (Å²) < 4.78 is 0. The van der Waals surface area contributed by atoms with Gasteiger partial charge in [0, 0.05) is 23.5 Å². The molecule has 4 heteroatoms. The smallest absolute Gasteiger partial charge is 0.0602 e. The summed E-state index contributed by atoms with van der Waals surface area (Å²) in [5.74, 6) is 0. The van der Waals surface area contributed by atoms with E-state index in [1.807, 2.05) is 36.5 Å². The van der Waals surface area contributed by atoms with Crippen molar-refractivity contribution < 1.29 is 0 Å². The van der Waals surface area contributed by atoms with Crippen LogP contribution in [0.3, 0.4) is 0 Å². The van der Waals surface area contributed by atoms with Crippen molar-refractivity contribution in [2.75, 3.05) is 18.0 Å². The molecule has 0 saturated heterocycles. The van der Waals surface area contributed by atoms with Crippen molar-refractivity contribution in [3.63, 3.8) is 0 Å². The van der Waals surface area contributed by atoms with Gasteiger partial charge in [-0.05, 0) is 49.7 Å². The summed E-state index contributed by atoms with van der Waals surface area (Å²) in [5, 5.41) is 0.785. The van der Waals surface area contributed by atoms with E-state index in [0.29, 0.717) is 6.54 Å². The third-order valence-electron chi connectivity index (χ3n) is 3.29. The van der Waals surface area contributed by atoms with Gasteiger partial charge in [-0.15, -0.1) is 0 Å². The van der Waals surface area contributed by atoms with Crippen LogP contribution >= 0.6 is 11.6 Å². The van der Waals surface area contributed by atoms with Crippen molar-refractivity contribution in [2.24, 2.45) is 5.73 Å². The number of benzene rings is 1. The van der Waals surface area contributed by atoms with E-state index in [0.717, 1.165) is 41.5 Å². The molecule has 0 fully saturated rings. The van der Waals surface area contributed by atoms with Crippen LogP contribution in [-0.2, 0) is 13.0 Å². The van der Waals surface area contributed by atoms with Crippen LogP contribution in [0.2, 0.25) is 5.02 Å². The fourth-order valence-electron chi connectivity index (χ4n) is 2.29. The Balaban J connectivity index is 2.29. The molecule has 0 spiro atoms. The topological polar surface area (TPSA) is 42.2 Å². The molecule has 0 aliphatic rings. The molecular weight excluding hydrogens is 270 g/mol. The second-order valence-corrected chi connectivity index (χ2v) is 5.02. The highest BCUT2D eigenvalue weighted by Gasteiger charge is 2.13. The largest absolute Gasteiger partial charge is 0.366 e. The Hall–Kier alpha value is -1.58. The number of rotatable bonds is 6. The minimum Gasteiger partial charge on any atom is -0.366 e. The summed E-state index contributed by atoms with van der Waals surface area (Å²) >= 11 is 6.31. The van der Waals surface area contributed by atoms with Crippen LogP contribution in [0.15, 0.2) is 42.6 Å². The zero-order valence-electron chi connectivity index (χ0n) is 11.7. The van der Waals surface area contributed by atoms with Crippen molar-refractivity contribution in [1.82, 2.24) is 4.98 Å². The third-order valence-corrected chi connectivity index (χ3v) is 3.64. The molecule has 0 bridgehead atoms. The molecule has 1 aromatic carbocycles. The van der Waals surface area contributed by atoms with Crippen LogP contribution in [0, 0.1) is 0 Å². The Labute approximate surface area is 125 Å². The SMILES string of the molecule is CCN(Cc1ccccn1)c1cccc(Cl)c1CCN. The standard InChI is InChI=1S/C16H20ClN3/c1-2-20(12-13-6-3-4-11-19-13)16-8-5-7-15(17)14(16)9-10-18/h3-8,11H,2,9-10,12,18H2,1H3. The summed E-state index contributed by atoms with van der Waals surface area (Å²) in [7, 11) is 0. The average Bonchev–Trinajstić information content (AvgIpc) is 2.48. The predicted molar refractivity (Wildman–Crippen MR) is 85.2 cm³/mol. The van der Waals surface area contributed by atoms with Crippen LogP contribution in [0.1, 0.15) is 18.2 Å². The maximum Gasteiger partial charge on any atom is 0.0602 e. The van der Waals surface area contributed by atoms with Crippen molar-refractivity contribution in [2.45, 2.75) is 19.9 Å². The lowest BCUT2D eigenvalue weighted by atomic mass is 10.1. The van der Waals surface area contributed by atoms with Gasteiger partial charge in [-0.3, -0.25) is 4.98 Å². The van der Waals surface area contributed by atoms with Crippen molar-refractivity contribution in [3.05, 3.63) is 58.9 Å². The maximum absolute atomic E-state index is 6.31. The van der Waals surface area contributed by atoms with E-state index >= 15 is 0 Å². The van der Waals surface area contributed by atoms with Crippen LogP contribution in [-0.4, -0.2) is 18.1 Å². The molecule has 0 amide bonds. The molecule has 0 radical (unpaired) electrons. The van der Waals surface area contributed by atoms with Crippen LogP contribution in [0.5, 0.6) is 0 Å². The van der Waals surface area contributed by atoms with Gasteiger partial charge in [0.1, 0.15) is 0 Å². The van der Waals surface area contributed by atoms with E-state index < -0.39 is 0 Å². The van der Waals surface area contributed by atoms with Gasteiger partial charge >= 0.3 is 0 Å². The number of nitrogens with two attached hydrogens (primary N) is 1. The molecule has 2 aromatic rings. The lowest BCUT2D eigenvalue weighted by molar-refractivity contribution is 0.799. The molecule has 20 heavy (non-hydrogen) atoms. The first-order valence-electron chi connectivity index (χ1n) is 6.88. The summed E-state index contributed by atoms with van der Waals surface area (Å²) in [6.45, 7) is 4.40. The highest BCUT2D eigenvalue weighted by Crippen LogP contribution is 2.28. The number of hydrogen-bond acceptors (Lipinski definition) is 3. The van der Waals surface area contributed by atoms with Gasteiger partial charge in [-0.1, -0.05) is 23.7 Å². The van der Waals surface area contributed by atoms with Gasteiger partial charge in [0.25, 0.3) is 0 Å². The van der Waals surface area contributed by atoms with Crippen molar-refractivity contribution in [1.29, 1.82) is 0 Å². The van der Waals surface area contributed by atoms with E-state index in [1.165, 1.54) is 0 Å². The molecule has 1 aromatic heterocycles. The first kappa shape index (κ1) is 14.8. The second kappa shape index (κ2) is 7.27. The minimum absolute atomic E-state index is 0.595. The number of hydrogen-bond donors (Lipinski definition) is 1. The first-order chi connectivity index (χ1) is 9.76. The monoisotopic (exact) mass is 289 g/mol. The molecule has 0 saturated carbocycles. The van der Waals surface area contributed by atoms with Crippen LogP contribution in [0.25, 0.3) is 0 Å². The Bertz CT molecular complexity index is 543. The summed E-state index contributed by atoms with van der Waals surface area (Å²) in [6, 6.07) is 12.0. The normalized spacial score (nSPS) is 10.6. The van der Waals surface area contributed by atoms with Crippen molar-refractivity contribution in [3.8, 4) is 0 Å². The Morgan fingerprint density at radius 3 is 2.70 bits per heavy atom. The van der Waals surface area contributed by atoms with E-state index in [1.54, 1.807) is 0 Å². The van der Waals surface area contributed by atoms with Crippen molar-refractivity contribution >= 4 is 17.3 Å². The number of pyridine rings is 1. The first-order valence-corrected chi connectivity index (χ1v) is 7.26. The van der Waals surface area contributed by atoms with E-state index in [2.05, 4.69) is 22.9 Å². The summed E-state index contributed by atoms with van der Waals surface area (Å²) in [4.78, 5) is 6.67. The Kier molecular flexibility index (Phi) is 5.39. The summed E-state index contributed by atoms with van der Waals surface area (Å²) in [6.07, 6.45) is 2.61. The van der Waals surface area contributed by atoms with Gasteiger partial charge in [0.05, 0.1) is 12.2 Å². The molecule has 106 valence electrons. The predicted octanol–water partition coefficient (Wildman–Crippen LogP) is 3.26. The quantitative estimate of drug-likeness (QED) is 0.887. The molecule has 0 aliphatic heterocycles. The van der Waals surface area contributed by atoms with Gasteiger partial charge < -0.3 is 10.6 Å². The number of anilines is 1. The zero-order valence-corrected chi connectivity index (χ0v) is 12.5. The zero-order chi connectivity index (χ0) is 14.4. The molecule has 0 aliphatic carbocycles. The number of halogens is 1. The van der Waals surface area contributed by atoms with Gasteiger partial charge in [0.15, 0.2) is 0 Å². The molecule has 0 atom stereocenters. The highest BCUT2D eigenvalue weighted by molar-refractivity contribution is 6.31. The van der Waals surface area contributed by atoms with Gasteiger partial charge in [0.2, 0.25) is 0 Å². The highest BCUT2D eigenvalue weighted by atomic mass is 35.5. The molecule has 1 heterocycles. The van der Waals surface area contributed by atoms with Gasteiger partial charge in [-0.2, -0.15) is 0 Å². The van der Waals surface area contributed by atoms with Crippen LogP contribution < -0.4 is 10.6 Å². The molecule has 2 rings (SSSR count). The fourth-order valence-corrected chi connectivity index (χ4v) is 2.55. The third kappa shape index (κ3) is 3.50. The molecule has 0 unspecified atom stereocenters. The Morgan fingerprint density at radius 1 is 1.20 bits per heavy atom.